The zero-order valence-electron chi connectivity index (χ0n) is 15.1. The largest absolute Gasteiger partial charge is 0.491 e. The summed E-state index contributed by atoms with van der Waals surface area (Å²) >= 11 is 12.3. The third-order valence-corrected chi connectivity index (χ3v) is 5.04. The Balaban J connectivity index is 1.83. The first-order valence-electron chi connectivity index (χ1n) is 8.70. The van der Waals surface area contributed by atoms with Crippen LogP contribution in [0.2, 0.25) is 10.0 Å². The number of pyridine rings is 1. The molecular weight excluding hydrogens is 405 g/mol. The molecule has 1 saturated carbocycles. The molecule has 3 N–H and O–H groups in total. The number of rotatable bonds is 6. The predicted molar refractivity (Wildman–Crippen MR) is 107 cm³/mol. The fourth-order valence-corrected chi connectivity index (χ4v) is 3.57. The summed E-state index contributed by atoms with van der Waals surface area (Å²) in [6, 6.07) is 4.19. The van der Waals surface area contributed by atoms with Gasteiger partial charge in [-0.2, -0.15) is 0 Å². The highest BCUT2D eigenvalue weighted by Gasteiger charge is 2.21. The lowest BCUT2D eigenvalue weighted by molar-refractivity contribution is 0.0997. The Bertz CT molecular complexity index is 891. The maximum Gasteiger partial charge on any atom is 0.274 e. The summed E-state index contributed by atoms with van der Waals surface area (Å²) in [6.45, 7) is 0. The number of methoxy groups -OCH3 is 1. The number of nitrogens with one attached hydrogen (secondary N) is 1. The zero-order valence-corrected chi connectivity index (χ0v) is 16.6. The number of nitrogens with two attached hydrogens (primary N) is 1. The van der Waals surface area contributed by atoms with Crippen LogP contribution in [-0.2, 0) is 0 Å². The van der Waals surface area contributed by atoms with Gasteiger partial charge in [-0.25, -0.2) is 4.98 Å². The van der Waals surface area contributed by atoms with Crippen LogP contribution in [0.1, 0.15) is 46.5 Å². The number of benzene rings is 1. The number of primary amides is 1. The Kier molecular flexibility index (Phi) is 6.26. The van der Waals surface area contributed by atoms with Crippen molar-refractivity contribution in [3.05, 3.63) is 45.7 Å². The van der Waals surface area contributed by atoms with E-state index < -0.39 is 11.8 Å². The molecule has 0 bridgehead atoms. The van der Waals surface area contributed by atoms with Crippen molar-refractivity contribution >= 4 is 40.7 Å². The van der Waals surface area contributed by atoms with Gasteiger partial charge in [0.15, 0.2) is 11.5 Å². The van der Waals surface area contributed by atoms with Crippen molar-refractivity contribution in [2.24, 2.45) is 5.73 Å². The number of anilines is 1. The Hall–Kier alpha value is -2.51. The van der Waals surface area contributed by atoms with Crippen molar-refractivity contribution in [3.63, 3.8) is 0 Å². The summed E-state index contributed by atoms with van der Waals surface area (Å²) in [6.07, 6.45) is 5.68. The number of aromatic nitrogens is 1. The number of hydrogen-bond donors (Lipinski definition) is 2. The second-order valence-corrected chi connectivity index (χ2v) is 7.19. The molecule has 28 heavy (non-hydrogen) atoms. The average molecular weight is 424 g/mol. The first-order valence-corrected chi connectivity index (χ1v) is 9.45. The Morgan fingerprint density at radius 3 is 2.36 bits per heavy atom. The van der Waals surface area contributed by atoms with Crippen molar-refractivity contribution < 1.29 is 19.1 Å². The van der Waals surface area contributed by atoms with Crippen molar-refractivity contribution in [1.29, 1.82) is 0 Å². The van der Waals surface area contributed by atoms with Crippen LogP contribution < -0.4 is 20.5 Å². The first kappa shape index (κ1) is 20.2. The van der Waals surface area contributed by atoms with Gasteiger partial charge in [0.05, 0.1) is 35.1 Å². The summed E-state index contributed by atoms with van der Waals surface area (Å²) < 4.78 is 11.3. The highest BCUT2D eigenvalue weighted by atomic mass is 35.5. The fourth-order valence-electron chi connectivity index (χ4n) is 2.99. The third-order valence-electron chi connectivity index (χ3n) is 4.45. The van der Waals surface area contributed by atoms with Gasteiger partial charge in [0.1, 0.15) is 5.69 Å². The molecule has 0 spiro atoms. The smallest absolute Gasteiger partial charge is 0.274 e. The monoisotopic (exact) mass is 423 g/mol. The number of nitrogens with zero attached hydrogens (tertiary/aromatic N) is 1. The summed E-state index contributed by atoms with van der Waals surface area (Å²) in [5, 5.41) is 2.78. The van der Waals surface area contributed by atoms with E-state index in [1.165, 1.54) is 31.5 Å². The van der Waals surface area contributed by atoms with Crippen LogP contribution in [0.15, 0.2) is 24.4 Å². The molecule has 1 aromatic carbocycles. The van der Waals surface area contributed by atoms with Crippen molar-refractivity contribution in [3.8, 4) is 11.5 Å². The van der Waals surface area contributed by atoms with Crippen LogP contribution in [0.3, 0.4) is 0 Å². The normalized spacial score (nSPS) is 14.0. The van der Waals surface area contributed by atoms with Gasteiger partial charge in [-0.1, -0.05) is 23.2 Å². The van der Waals surface area contributed by atoms with E-state index in [9.17, 15) is 9.59 Å². The molecule has 1 aliphatic carbocycles. The van der Waals surface area contributed by atoms with Gasteiger partial charge in [0.25, 0.3) is 5.91 Å². The van der Waals surface area contributed by atoms with E-state index in [0.717, 1.165) is 25.7 Å². The van der Waals surface area contributed by atoms with E-state index in [1.807, 2.05) is 0 Å². The number of halogens is 2. The van der Waals surface area contributed by atoms with E-state index >= 15 is 0 Å². The first-order chi connectivity index (χ1) is 13.4. The van der Waals surface area contributed by atoms with Crippen LogP contribution in [0.5, 0.6) is 11.5 Å². The molecule has 1 fully saturated rings. The van der Waals surface area contributed by atoms with E-state index in [4.69, 9.17) is 38.4 Å². The number of carbonyl (C=O) groups is 2. The molecule has 0 aliphatic heterocycles. The fraction of sp³-hybridized carbons (Fsp3) is 0.316. The standard InChI is InChI=1S/C19H19Cl2N3O4/c1-27-16-9-23-14(8-15(16)28-11-4-2-3-5-11)19(26)24-17-12(20)6-10(18(22)25)7-13(17)21/h6-9,11H,2-5H2,1H3,(H2,22,25)(H,24,26). The Morgan fingerprint density at radius 2 is 1.79 bits per heavy atom. The molecule has 2 amide bonds. The SMILES string of the molecule is COc1cnc(C(=O)Nc2c(Cl)cc(C(N)=O)cc2Cl)cc1OC1CCCC1. The second-order valence-electron chi connectivity index (χ2n) is 6.38. The van der Waals surface area contributed by atoms with Gasteiger partial charge >= 0.3 is 0 Å². The molecule has 1 aliphatic rings. The number of hydrogen-bond acceptors (Lipinski definition) is 5. The third kappa shape index (κ3) is 4.48. The quantitative estimate of drug-likeness (QED) is 0.728. The summed E-state index contributed by atoms with van der Waals surface area (Å²) in [4.78, 5) is 28.0. The van der Waals surface area contributed by atoms with Crippen LogP contribution >= 0.6 is 23.2 Å². The van der Waals surface area contributed by atoms with Crippen LogP contribution in [0.25, 0.3) is 0 Å². The lowest BCUT2D eigenvalue weighted by Gasteiger charge is -2.16. The number of ether oxygens (including phenoxy) is 2. The van der Waals surface area contributed by atoms with Crippen molar-refractivity contribution in [2.45, 2.75) is 31.8 Å². The van der Waals surface area contributed by atoms with Gasteiger partial charge in [-0.3, -0.25) is 9.59 Å². The molecule has 9 heteroatoms. The summed E-state index contributed by atoms with van der Waals surface area (Å²) in [7, 11) is 1.51. The van der Waals surface area contributed by atoms with Crippen molar-refractivity contribution in [2.75, 3.05) is 12.4 Å². The van der Waals surface area contributed by atoms with Crippen LogP contribution in [0.4, 0.5) is 5.69 Å². The maximum absolute atomic E-state index is 12.6. The molecule has 7 nitrogen and oxygen atoms in total. The van der Waals surface area contributed by atoms with Gasteiger partial charge in [0, 0.05) is 11.6 Å². The van der Waals surface area contributed by atoms with Gasteiger partial charge < -0.3 is 20.5 Å². The molecular formula is C19H19Cl2N3O4. The molecule has 1 heterocycles. The van der Waals surface area contributed by atoms with E-state index in [-0.39, 0.29) is 33.1 Å². The highest BCUT2D eigenvalue weighted by molar-refractivity contribution is 6.40. The topological polar surface area (TPSA) is 104 Å². The lowest BCUT2D eigenvalue weighted by Crippen LogP contribution is -2.17. The highest BCUT2D eigenvalue weighted by Crippen LogP contribution is 2.34. The van der Waals surface area contributed by atoms with E-state index in [0.29, 0.717) is 11.5 Å². The van der Waals surface area contributed by atoms with E-state index in [1.54, 1.807) is 0 Å². The summed E-state index contributed by atoms with van der Waals surface area (Å²) in [5.41, 5.74) is 5.64. The zero-order chi connectivity index (χ0) is 20.3. The Morgan fingerprint density at radius 1 is 1.14 bits per heavy atom. The maximum atomic E-state index is 12.6. The molecule has 0 atom stereocenters. The minimum atomic E-state index is -0.674. The molecule has 1 aromatic heterocycles. The van der Waals surface area contributed by atoms with Gasteiger partial charge in [0.2, 0.25) is 5.91 Å². The molecule has 2 aromatic rings. The average Bonchev–Trinajstić information content (AvgIpc) is 3.17. The van der Waals surface area contributed by atoms with E-state index in [2.05, 4.69) is 10.3 Å². The lowest BCUT2D eigenvalue weighted by atomic mass is 10.2. The number of carbonyl (C=O) groups excluding carboxylic acids is 2. The minimum Gasteiger partial charge on any atom is -0.491 e. The molecule has 148 valence electrons. The predicted octanol–water partition coefficient (Wildman–Crippen LogP) is 4.07. The Labute approximate surface area is 172 Å². The molecule has 0 unspecified atom stereocenters. The summed E-state index contributed by atoms with van der Waals surface area (Å²) in [5.74, 6) is -0.303. The molecule has 0 radical (unpaired) electrons. The van der Waals surface area contributed by atoms with Crippen molar-refractivity contribution in [1.82, 2.24) is 4.98 Å². The minimum absolute atomic E-state index is 0.0885. The second kappa shape index (κ2) is 8.67. The number of amides is 2. The van der Waals surface area contributed by atoms with Crippen LogP contribution in [0, 0.1) is 0 Å². The van der Waals surface area contributed by atoms with Gasteiger partial charge in [-0.05, 0) is 37.8 Å². The molecule has 0 saturated heterocycles. The van der Waals surface area contributed by atoms with Gasteiger partial charge in [-0.15, -0.1) is 0 Å². The molecule has 3 rings (SSSR count). The van der Waals surface area contributed by atoms with Crippen LogP contribution in [-0.4, -0.2) is 30.0 Å².